The van der Waals surface area contributed by atoms with Crippen LogP contribution in [0.5, 0.6) is 0 Å². The monoisotopic (exact) mass is 211 g/mol. The average molecular weight is 211 g/mol. The van der Waals surface area contributed by atoms with Crippen LogP contribution in [0.3, 0.4) is 0 Å². The van der Waals surface area contributed by atoms with Crippen molar-refractivity contribution >= 4 is 11.5 Å². The van der Waals surface area contributed by atoms with E-state index in [1.54, 1.807) is 6.07 Å². The maximum atomic E-state index is 11.4. The summed E-state index contributed by atoms with van der Waals surface area (Å²) in [7, 11) is 0. The van der Waals surface area contributed by atoms with Gasteiger partial charge in [0, 0.05) is 11.6 Å². The van der Waals surface area contributed by atoms with E-state index in [-0.39, 0.29) is 11.5 Å². The molecular weight excluding hydrogens is 202 g/mol. The molecule has 0 unspecified atom stereocenters. The van der Waals surface area contributed by atoms with E-state index in [9.17, 15) is 4.79 Å². The van der Waals surface area contributed by atoms with Gasteiger partial charge >= 0.3 is 0 Å². The Labute approximate surface area is 93.3 Å². The van der Waals surface area contributed by atoms with Crippen LogP contribution in [0.25, 0.3) is 5.76 Å². The number of rotatable bonds is 1. The first kappa shape index (κ1) is 10.2. The lowest BCUT2D eigenvalue weighted by atomic mass is 10.1. The third-order valence-electron chi connectivity index (χ3n) is 2.26. The van der Waals surface area contributed by atoms with E-state index in [2.05, 4.69) is 0 Å². The Hall–Kier alpha value is -2.34. The number of hydrogen-bond acceptors (Lipinski definition) is 3. The minimum absolute atomic E-state index is 0.0816. The van der Waals surface area contributed by atoms with Gasteiger partial charge in [-0.2, -0.15) is 5.26 Å². The van der Waals surface area contributed by atoms with Crippen molar-refractivity contribution < 1.29 is 9.53 Å². The number of ketones is 1. The van der Waals surface area contributed by atoms with Crippen molar-refractivity contribution in [2.75, 3.05) is 0 Å². The zero-order valence-corrected chi connectivity index (χ0v) is 8.73. The van der Waals surface area contributed by atoms with Crippen LogP contribution in [-0.4, -0.2) is 5.78 Å². The molecule has 0 aromatic heterocycles. The molecule has 1 aliphatic rings. The van der Waals surface area contributed by atoms with Gasteiger partial charge in [0.1, 0.15) is 5.76 Å². The molecule has 0 bridgehead atoms. The number of nitrogens with zero attached hydrogens (tertiary/aromatic N) is 1. The van der Waals surface area contributed by atoms with Gasteiger partial charge in [-0.1, -0.05) is 29.8 Å². The Balaban J connectivity index is 2.30. The zero-order valence-electron chi connectivity index (χ0n) is 8.73. The predicted octanol–water partition coefficient (Wildman–Crippen LogP) is 2.34. The lowest BCUT2D eigenvalue weighted by Gasteiger charge is -2.03. The highest BCUT2D eigenvalue weighted by atomic mass is 16.5. The van der Waals surface area contributed by atoms with Crippen molar-refractivity contribution in [1.29, 1.82) is 5.26 Å². The number of aryl methyl sites for hydroxylation is 1. The molecule has 1 aliphatic heterocycles. The molecule has 0 amide bonds. The van der Waals surface area contributed by atoms with Gasteiger partial charge < -0.3 is 4.74 Å². The molecule has 0 radical (unpaired) electrons. The lowest BCUT2D eigenvalue weighted by Crippen LogP contribution is -1.92. The summed E-state index contributed by atoms with van der Waals surface area (Å²) in [5, 5.41) is 8.46. The summed E-state index contributed by atoms with van der Waals surface area (Å²) in [6.45, 7) is 1.99. The molecule has 0 saturated heterocycles. The van der Waals surface area contributed by atoms with Gasteiger partial charge in [0.2, 0.25) is 5.78 Å². The van der Waals surface area contributed by atoms with E-state index in [4.69, 9.17) is 10.00 Å². The summed E-state index contributed by atoms with van der Waals surface area (Å²) in [6.07, 6.45) is 2.51. The third-order valence-corrected chi connectivity index (χ3v) is 2.26. The van der Waals surface area contributed by atoms with E-state index < -0.39 is 0 Å². The van der Waals surface area contributed by atoms with Crippen molar-refractivity contribution in [2.24, 2.45) is 0 Å². The van der Waals surface area contributed by atoms with Gasteiger partial charge in [0.25, 0.3) is 0 Å². The van der Waals surface area contributed by atoms with Gasteiger partial charge in [-0.15, -0.1) is 0 Å². The molecule has 3 nitrogen and oxygen atoms in total. The Kier molecular flexibility index (Phi) is 2.57. The van der Waals surface area contributed by atoms with E-state index in [1.807, 2.05) is 31.2 Å². The number of hydrogen-bond donors (Lipinski definition) is 0. The molecule has 1 aromatic carbocycles. The van der Waals surface area contributed by atoms with Crippen molar-refractivity contribution in [2.45, 2.75) is 6.92 Å². The quantitative estimate of drug-likeness (QED) is 0.529. The molecule has 0 saturated carbocycles. The van der Waals surface area contributed by atoms with Crippen LogP contribution in [-0.2, 0) is 9.53 Å². The van der Waals surface area contributed by atoms with Gasteiger partial charge in [-0.05, 0) is 6.92 Å². The van der Waals surface area contributed by atoms with Crippen LogP contribution < -0.4 is 0 Å². The Morgan fingerprint density at radius 3 is 2.62 bits per heavy atom. The Bertz CT molecular complexity index is 530. The topological polar surface area (TPSA) is 50.1 Å². The number of carbonyl (C=O) groups is 1. The number of ether oxygens (including phenoxy) is 1. The second-order valence-electron chi connectivity index (χ2n) is 3.48. The fourth-order valence-corrected chi connectivity index (χ4v) is 1.41. The molecule has 1 aromatic rings. The molecule has 0 fully saturated rings. The first-order chi connectivity index (χ1) is 7.70. The van der Waals surface area contributed by atoms with Crippen LogP contribution >= 0.6 is 0 Å². The molecular formula is C13H9NO2. The SMILES string of the molecule is Cc1ccc(C2=CC(=O)/C(=C/C#N)O2)cc1. The lowest BCUT2D eigenvalue weighted by molar-refractivity contribution is -0.112. The second-order valence-corrected chi connectivity index (χ2v) is 3.48. The summed E-state index contributed by atoms with van der Waals surface area (Å²) < 4.78 is 5.29. The first-order valence-electron chi connectivity index (χ1n) is 4.81. The highest BCUT2D eigenvalue weighted by Gasteiger charge is 2.21. The van der Waals surface area contributed by atoms with Gasteiger partial charge in [-0.3, -0.25) is 4.79 Å². The zero-order chi connectivity index (χ0) is 11.5. The fourth-order valence-electron chi connectivity index (χ4n) is 1.41. The van der Waals surface area contributed by atoms with Crippen LogP contribution in [0.2, 0.25) is 0 Å². The number of carbonyl (C=O) groups excluding carboxylic acids is 1. The van der Waals surface area contributed by atoms with Gasteiger partial charge in [0.05, 0.1) is 12.1 Å². The number of benzene rings is 1. The number of allylic oxidation sites excluding steroid dienone is 2. The highest BCUT2D eigenvalue weighted by molar-refractivity contribution is 6.10. The van der Waals surface area contributed by atoms with Gasteiger partial charge in [-0.25, -0.2) is 0 Å². The van der Waals surface area contributed by atoms with Crippen LogP contribution in [0, 0.1) is 18.3 Å². The molecule has 2 rings (SSSR count). The maximum absolute atomic E-state index is 11.4. The van der Waals surface area contributed by atoms with E-state index in [1.165, 1.54) is 6.08 Å². The molecule has 3 heteroatoms. The summed E-state index contributed by atoms with van der Waals surface area (Å²) in [5.41, 5.74) is 1.97. The summed E-state index contributed by atoms with van der Waals surface area (Å²) >= 11 is 0. The van der Waals surface area contributed by atoms with E-state index >= 15 is 0 Å². The molecule has 0 N–H and O–H groups in total. The van der Waals surface area contributed by atoms with E-state index in [0.29, 0.717) is 5.76 Å². The standard InChI is InChI=1S/C13H9NO2/c1-9-2-4-10(5-3-9)13-8-11(15)12(16-13)6-7-14/h2-6,8H,1H3/b12-6-. The Morgan fingerprint density at radius 2 is 2.00 bits per heavy atom. The average Bonchev–Trinajstić information content (AvgIpc) is 2.62. The predicted molar refractivity (Wildman–Crippen MR) is 58.9 cm³/mol. The van der Waals surface area contributed by atoms with Crippen LogP contribution in [0.1, 0.15) is 11.1 Å². The summed E-state index contributed by atoms with van der Waals surface area (Å²) in [6, 6.07) is 9.42. The van der Waals surface area contributed by atoms with Crippen molar-refractivity contribution in [3.05, 3.63) is 53.3 Å². The molecule has 0 aliphatic carbocycles. The molecule has 16 heavy (non-hydrogen) atoms. The minimum atomic E-state index is -0.267. The van der Waals surface area contributed by atoms with Crippen molar-refractivity contribution in [1.82, 2.24) is 0 Å². The second kappa shape index (κ2) is 4.03. The number of nitriles is 1. The molecule has 0 atom stereocenters. The molecule has 78 valence electrons. The van der Waals surface area contributed by atoms with Gasteiger partial charge in [0.15, 0.2) is 5.76 Å². The highest BCUT2D eigenvalue weighted by Crippen LogP contribution is 2.26. The van der Waals surface area contributed by atoms with Crippen LogP contribution in [0.4, 0.5) is 0 Å². The van der Waals surface area contributed by atoms with Crippen LogP contribution in [0.15, 0.2) is 42.2 Å². The van der Waals surface area contributed by atoms with Crippen molar-refractivity contribution in [3.8, 4) is 6.07 Å². The third kappa shape index (κ3) is 1.86. The van der Waals surface area contributed by atoms with Crippen molar-refractivity contribution in [3.63, 3.8) is 0 Å². The smallest absolute Gasteiger partial charge is 0.225 e. The Morgan fingerprint density at radius 1 is 1.31 bits per heavy atom. The maximum Gasteiger partial charge on any atom is 0.225 e. The fraction of sp³-hybridized carbons (Fsp3) is 0.0769. The normalized spacial score (nSPS) is 16.9. The minimum Gasteiger partial charge on any atom is -0.452 e. The summed E-state index contributed by atoms with van der Waals surface area (Å²) in [5.74, 6) is 0.307. The largest absolute Gasteiger partial charge is 0.452 e. The summed E-state index contributed by atoms with van der Waals surface area (Å²) in [4.78, 5) is 11.4. The molecule has 1 heterocycles. The molecule has 0 spiro atoms. The first-order valence-corrected chi connectivity index (χ1v) is 4.81. The van der Waals surface area contributed by atoms with E-state index in [0.717, 1.165) is 17.2 Å².